The molecule has 0 amide bonds. The second-order valence-corrected chi connectivity index (χ2v) is 8.29. The van der Waals surface area contributed by atoms with Gasteiger partial charge in [0.1, 0.15) is 22.8 Å². The van der Waals surface area contributed by atoms with Gasteiger partial charge in [-0.25, -0.2) is 8.42 Å². The minimum absolute atomic E-state index is 0.105. The molecular formula is C12H18N4O2S2. The van der Waals surface area contributed by atoms with Crippen LogP contribution in [-0.2, 0) is 16.9 Å². The van der Waals surface area contributed by atoms with E-state index in [9.17, 15) is 13.7 Å². The lowest BCUT2D eigenvalue weighted by Crippen LogP contribution is -2.49. The molecule has 1 aliphatic rings. The fourth-order valence-electron chi connectivity index (χ4n) is 2.42. The number of rotatable bonds is 3. The molecule has 8 heteroatoms. The van der Waals surface area contributed by atoms with Crippen LogP contribution in [0.2, 0.25) is 0 Å². The van der Waals surface area contributed by atoms with Gasteiger partial charge in [0.15, 0.2) is 9.84 Å². The van der Waals surface area contributed by atoms with Crippen molar-refractivity contribution in [2.75, 3.05) is 28.7 Å². The van der Waals surface area contributed by atoms with Crippen molar-refractivity contribution in [1.29, 1.82) is 5.26 Å². The molecule has 20 heavy (non-hydrogen) atoms. The van der Waals surface area contributed by atoms with Crippen LogP contribution in [0.5, 0.6) is 0 Å². The van der Waals surface area contributed by atoms with Gasteiger partial charge in [0.2, 0.25) is 0 Å². The molecule has 1 atom stereocenters. The van der Waals surface area contributed by atoms with E-state index in [0.29, 0.717) is 29.4 Å². The molecule has 1 aromatic rings. The van der Waals surface area contributed by atoms with Crippen LogP contribution in [-0.4, -0.2) is 47.4 Å². The van der Waals surface area contributed by atoms with Gasteiger partial charge in [0.05, 0.1) is 5.69 Å². The van der Waals surface area contributed by atoms with Crippen LogP contribution in [0.25, 0.3) is 0 Å². The van der Waals surface area contributed by atoms with Gasteiger partial charge in [-0.1, -0.05) is 6.92 Å². The second kappa shape index (κ2) is 5.66. The fraction of sp³-hybridized carbons (Fsp3) is 0.667. The summed E-state index contributed by atoms with van der Waals surface area (Å²) < 4.78 is 26.2. The van der Waals surface area contributed by atoms with E-state index in [1.54, 1.807) is 37.3 Å². The van der Waals surface area contributed by atoms with Crippen LogP contribution in [0.4, 0.5) is 5.82 Å². The van der Waals surface area contributed by atoms with E-state index in [1.807, 2.05) is 4.90 Å². The van der Waals surface area contributed by atoms with E-state index >= 15 is 0 Å². The van der Waals surface area contributed by atoms with Crippen molar-refractivity contribution >= 4 is 27.4 Å². The number of hydrogen-bond donors (Lipinski definition) is 0. The number of anilines is 1. The normalized spacial score (nSPS) is 19.9. The fourth-order valence-corrected chi connectivity index (χ4v) is 5.39. The minimum Gasteiger partial charge on any atom is -0.337 e. The summed E-state index contributed by atoms with van der Waals surface area (Å²) in [5.41, 5.74) is 1.10. The Morgan fingerprint density at radius 1 is 1.55 bits per heavy atom. The number of aryl methyl sites for hydroxylation is 2. The first-order valence-corrected chi connectivity index (χ1v) is 9.29. The third-order valence-electron chi connectivity index (χ3n) is 3.48. The van der Waals surface area contributed by atoms with Crippen molar-refractivity contribution in [1.82, 2.24) is 9.78 Å². The highest BCUT2D eigenvalue weighted by Crippen LogP contribution is 2.30. The Kier molecular flexibility index (Phi) is 4.30. The minimum atomic E-state index is -3.20. The molecule has 0 aromatic carbocycles. The van der Waals surface area contributed by atoms with E-state index in [4.69, 9.17) is 0 Å². The first-order valence-electron chi connectivity index (χ1n) is 6.42. The predicted octanol–water partition coefficient (Wildman–Crippen LogP) is 0.914. The Labute approximate surface area is 123 Å². The van der Waals surface area contributed by atoms with E-state index in [1.165, 1.54) is 0 Å². The monoisotopic (exact) mass is 314 g/mol. The Morgan fingerprint density at radius 2 is 2.25 bits per heavy atom. The van der Waals surface area contributed by atoms with Crippen molar-refractivity contribution in [3.8, 4) is 6.07 Å². The number of nitrogens with zero attached hydrogens (tertiary/aromatic N) is 4. The maximum absolute atomic E-state index is 12.3. The number of hydrogen-bond acceptors (Lipinski definition) is 6. The summed E-state index contributed by atoms with van der Waals surface area (Å²) in [5.74, 6) is 2.11. The Hall–Kier alpha value is -1.20. The largest absolute Gasteiger partial charge is 0.337 e. The van der Waals surface area contributed by atoms with E-state index in [0.717, 1.165) is 5.75 Å². The second-order valence-electron chi connectivity index (χ2n) is 4.69. The standard InChI is InChI=1S/C12H18N4O2S2/c1-4-20(17,18)11-8-19-6-5-16(11)12-10(7-13)9(2)14-15(12)3/h11H,4-6,8H2,1-3H3. The molecule has 0 aliphatic carbocycles. The molecule has 1 aromatic heterocycles. The summed E-state index contributed by atoms with van der Waals surface area (Å²) in [6.07, 6.45) is 0. The SMILES string of the molecule is CCS(=O)(=O)C1CSCCN1c1c(C#N)c(C)nn1C. The van der Waals surface area contributed by atoms with Gasteiger partial charge in [-0.3, -0.25) is 4.68 Å². The molecular weight excluding hydrogens is 296 g/mol. The van der Waals surface area contributed by atoms with Crippen LogP contribution in [0.15, 0.2) is 0 Å². The quantitative estimate of drug-likeness (QED) is 0.825. The van der Waals surface area contributed by atoms with E-state index in [-0.39, 0.29) is 5.75 Å². The molecule has 1 fully saturated rings. The molecule has 1 unspecified atom stereocenters. The zero-order chi connectivity index (χ0) is 14.9. The van der Waals surface area contributed by atoms with Crippen molar-refractivity contribution in [3.63, 3.8) is 0 Å². The van der Waals surface area contributed by atoms with Gasteiger partial charge < -0.3 is 4.90 Å². The Bertz CT molecular complexity index is 645. The predicted molar refractivity (Wildman–Crippen MR) is 80.6 cm³/mol. The molecule has 0 spiro atoms. The maximum atomic E-state index is 12.3. The highest BCUT2D eigenvalue weighted by molar-refractivity contribution is 8.01. The van der Waals surface area contributed by atoms with Crippen LogP contribution >= 0.6 is 11.8 Å². The smallest absolute Gasteiger partial charge is 0.171 e. The topological polar surface area (TPSA) is 79.0 Å². The highest BCUT2D eigenvalue weighted by atomic mass is 32.2. The van der Waals surface area contributed by atoms with Crippen molar-refractivity contribution < 1.29 is 8.42 Å². The van der Waals surface area contributed by atoms with E-state index in [2.05, 4.69) is 11.2 Å². The average Bonchev–Trinajstić information content (AvgIpc) is 2.72. The zero-order valence-corrected chi connectivity index (χ0v) is 13.5. The van der Waals surface area contributed by atoms with Crippen molar-refractivity contribution in [3.05, 3.63) is 11.3 Å². The number of nitriles is 1. The molecule has 2 rings (SSSR count). The average molecular weight is 314 g/mol. The van der Waals surface area contributed by atoms with Gasteiger partial charge in [-0.15, -0.1) is 0 Å². The first kappa shape index (κ1) is 15.2. The summed E-state index contributed by atoms with van der Waals surface area (Å²) in [5, 5.41) is 13.0. The van der Waals surface area contributed by atoms with Crippen molar-refractivity contribution in [2.24, 2.45) is 7.05 Å². The Morgan fingerprint density at radius 3 is 2.85 bits per heavy atom. The highest BCUT2D eigenvalue weighted by Gasteiger charge is 2.36. The van der Waals surface area contributed by atoms with Crippen LogP contribution < -0.4 is 4.90 Å². The van der Waals surface area contributed by atoms with Gasteiger partial charge in [0, 0.05) is 30.9 Å². The summed E-state index contributed by atoms with van der Waals surface area (Å²) in [6, 6.07) is 2.15. The summed E-state index contributed by atoms with van der Waals surface area (Å²) in [7, 11) is -1.45. The molecule has 0 radical (unpaired) electrons. The molecule has 1 saturated heterocycles. The zero-order valence-electron chi connectivity index (χ0n) is 11.8. The molecule has 0 saturated carbocycles. The molecule has 0 N–H and O–H groups in total. The number of thioether (sulfide) groups is 1. The van der Waals surface area contributed by atoms with E-state index < -0.39 is 15.2 Å². The number of aromatic nitrogens is 2. The van der Waals surface area contributed by atoms with Crippen LogP contribution in [0, 0.1) is 18.3 Å². The Balaban J connectivity index is 2.52. The summed E-state index contributed by atoms with van der Waals surface area (Å²) in [4.78, 5) is 1.83. The lowest BCUT2D eigenvalue weighted by Gasteiger charge is -2.36. The van der Waals surface area contributed by atoms with Crippen molar-refractivity contribution in [2.45, 2.75) is 19.2 Å². The summed E-state index contributed by atoms with van der Waals surface area (Å²) >= 11 is 1.64. The van der Waals surface area contributed by atoms with Crippen LogP contribution in [0.1, 0.15) is 18.2 Å². The molecule has 6 nitrogen and oxygen atoms in total. The molecule has 1 aliphatic heterocycles. The third kappa shape index (κ3) is 2.52. The van der Waals surface area contributed by atoms with Gasteiger partial charge >= 0.3 is 0 Å². The third-order valence-corrected chi connectivity index (χ3v) is 6.77. The summed E-state index contributed by atoms with van der Waals surface area (Å²) in [6.45, 7) is 4.04. The maximum Gasteiger partial charge on any atom is 0.171 e. The van der Waals surface area contributed by atoms with Gasteiger partial charge in [-0.05, 0) is 6.92 Å². The molecule has 2 heterocycles. The van der Waals surface area contributed by atoms with Gasteiger partial charge in [-0.2, -0.15) is 22.1 Å². The van der Waals surface area contributed by atoms with Crippen LogP contribution in [0.3, 0.4) is 0 Å². The lowest BCUT2D eigenvalue weighted by molar-refractivity contribution is 0.576. The van der Waals surface area contributed by atoms with Gasteiger partial charge in [0.25, 0.3) is 0 Å². The lowest BCUT2D eigenvalue weighted by atomic mass is 10.2. The molecule has 0 bridgehead atoms. The first-order chi connectivity index (χ1) is 9.42. The number of sulfone groups is 1. The molecule has 110 valence electrons.